The van der Waals surface area contributed by atoms with Crippen LogP contribution in [0, 0.1) is 0 Å². The number of hydrogen-bond donors (Lipinski definition) is 2. The summed E-state index contributed by atoms with van der Waals surface area (Å²) in [6.45, 7) is 5.27. The maximum Gasteiger partial charge on any atom is 0.0863 e. The maximum absolute atomic E-state index is 5.74. The third-order valence-electron chi connectivity index (χ3n) is 3.64. The first-order valence-electron chi connectivity index (χ1n) is 7.76. The Morgan fingerprint density at radius 1 is 0.636 bits per heavy atom. The van der Waals surface area contributed by atoms with Gasteiger partial charge in [-0.25, -0.2) is 0 Å². The fourth-order valence-corrected chi connectivity index (χ4v) is 2.36. The predicted molar refractivity (Wildman–Crippen MR) is 91.6 cm³/mol. The summed E-state index contributed by atoms with van der Waals surface area (Å²) >= 11 is 0. The van der Waals surface area contributed by atoms with Gasteiger partial charge in [0.1, 0.15) is 0 Å². The van der Waals surface area contributed by atoms with Crippen LogP contribution in [-0.2, 0) is 25.9 Å². The summed E-state index contributed by atoms with van der Waals surface area (Å²) < 4.78 is 0. The monoisotopic (exact) mass is 296 g/mol. The second-order valence-electron chi connectivity index (χ2n) is 5.33. The van der Waals surface area contributed by atoms with Crippen molar-refractivity contribution in [3.05, 3.63) is 58.7 Å². The Kier molecular flexibility index (Phi) is 5.81. The van der Waals surface area contributed by atoms with E-state index in [2.05, 4.69) is 48.3 Å². The van der Waals surface area contributed by atoms with E-state index in [0.29, 0.717) is 13.1 Å². The molecule has 0 amide bonds. The van der Waals surface area contributed by atoms with Gasteiger partial charge in [0.05, 0.1) is 11.4 Å². The summed E-state index contributed by atoms with van der Waals surface area (Å²) in [5, 5.41) is 8.75. The number of azo groups is 1. The number of hydrogen-bond acceptors (Lipinski definition) is 4. The lowest BCUT2D eigenvalue weighted by Crippen LogP contribution is -1.97. The fraction of sp³-hybridized carbons (Fsp3) is 0.333. The summed E-state index contributed by atoms with van der Waals surface area (Å²) in [6, 6.07) is 12.3. The molecule has 0 fully saturated rings. The molecule has 2 aromatic rings. The van der Waals surface area contributed by atoms with Crippen molar-refractivity contribution in [1.29, 1.82) is 0 Å². The summed E-state index contributed by atoms with van der Waals surface area (Å²) in [5.41, 5.74) is 17.8. The molecule has 4 nitrogen and oxygen atoms in total. The van der Waals surface area contributed by atoms with Crippen LogP contribution in [0.25, 0.3) is 0 Å². The van der Waals surface area contributed by atoms with E-state index in [4.69, 9.17) is 11.5 Å². The minimum atomic E-state index is 0.513. The second kappa shape index (κ2) is 7.82. The van der Waals surface area contributed by atoms with Crippen LogP contribution in [0.3, 0.4) is 0 Å². The molecule has 0 aliphatic rings. The molecule has 0 saturated carbocycles. The Morgan fingerprint density at radius 2 is 1.00 bits per heavy atom. The van der Waals surface area contributed by atoms with Crippen LogP contribution in [0.1, 0.15) is 36.1 Å². The smallest absolute Gasteiger partial charge is 0.0863 e. The Balaban J connectivity index is 2.31. The third-order valence-corrected chi connectivity index (χ3v) is 3.64. The Labute approximate surface area is 132 Å². The van der Waals surface area contributed by atoms with Crippen LogP contribution in [0.5, 0.6) is 0 Å². The molecule has 4 N–H and O–H groups in total. The van der Waals surface area contributed by atoms with Crippen molar-refractivity contribution in [1.82, 2.24) is 0 Å². The van der Waals surface area contributed by atoms with Gasteiger partial charge in [0.2, 0.25) is 0 Å². The molecule has 2 rings (SSSR count). The summed E-state index contributed by atoms with van der Waals surface area (Å²) in [6.07, 6.45) is 1.91. The second-order valence-corrected chi connectivity index (χ2v) is 5.33. The van der Waals surface area contributed by atoms with Gasteiger partial charge >= 0.3 is 0 Å². The highest BCUT2D eigenvalue weighted by Gasteiger charge is 2.01. The van der Waals surface area contributed by atoms with Gasteiger partial charge < -0.3 is 11.5 Å². The normalized spacial score (nSPS) is 11.3. The molecule has 4 heteroatoms. The third kappa shape index (κ3) is 4.23. The molecule has 0 aromatic heterocycles. The lowest BCUT2D eigenvalue weighted by Gasteiger charge is -2.05. The highest BCUT2D eigenvalue weighted by molar-refractivity contribution is 5.47. The van der Waals surface area contributed by atoms with Gasteiger partial charge in [0.25, 0.3) is 0 Å². The van der Waals surface area contributed by atoms with Gasteiger partial charge in [-0.1, -0.05) is 26.0 Å². The van der Waals surface area contributed by atoms with Crippen molar-refractivity contribution in [2.24, 2.45) is 21.7 Å². The van der Waals surface area contributed by atoms with Crippen LogP contribution >= 0.6 is 0 Å². The number of aryl methyl sites for hydroxylation is 2. The largest absolute Gasteiger partial charge is 0.326 e. The van der Waals surface area contributed by atoms with Crippen LogP contribution in [0.2, 0.25) is 0 Å². The van der Waals surface area contributed by atoms with Gasteiger partial charge in [-0.2, -0.15) is 10.2 Å². The van der Waals surface area contributed by atoms with E-state index in [-0.39, 0.29) is 0 Å². The van der Waals surface area contributed by atoms with Crippen LogP contribution in [0.15, 0.2) is 46.6 Å². The quantitative estimate of drug-likeness (QED) is 0.786. The molecule has 0 radical (unpaired) electrons. The molecule has 2 aromatic carbocycles. The van der Waals surface area contributed by atoms with E-state index in [1.807, 2.05) is 12.1 Å². The number of rotatable bonds is 6. The first kappa shape index (κ1) is 16.3. The zero-order valence-corrected chi connectivity index (χ0v) is 13.3. The SMILES string of the molecule is CCc1cc(CN)cc(N=Nc2cc(CC)cc(CN)c2)c1. The van der Waals surface area contributed by atoms with E-state index in [1.165, 1.54) is 11.1 Å². The summed E-state index contributed by atoms with van der Waals surface area (Å²) in [5.74, 6) is 0. The topological polar surface area (TPSA) is 76.8 Å². The zero-order valence-electron chi connectivity index (χ0n) is 13.3. The van der Waals surface area contributed by atoms with Crippen LogP contribution < -0.4 is 11.5 Å². The Morgan fingerprint density at radius 3 is 1.32 bits per heavy atom. The molecule has 0 unspecified atom stereocenters. The molecule has 0 atom stereocenters. The van der Waals surface area contributed by atoms with Crippen LogP contribution in [0.4, 0.5) is 11.4 Å². The van der Waals surface area contributed by atoms with E-state index in [9.17, 15) is 0 Å². The van der Waals surface area contributed by atoms with Gasteiger partial charge in [-0.3, -0.25) is 0 Å². The fourth-order valence-electron chi connectivity index (χ4n) is 2.36. The number of nitrogens with zero attached hydrogens (tertiary/aromatic N) is 2. The van der Waals surface area contributed by atoms with Crippen molar-refractivity contribution in [3.8, 4) is 0 Å². The summed E-state index contributed by atoms with van der Waals surface area (Å²) in [7, 11) is 0. The van der Waals surface area contributed by atoms with Crippen LogP contribution in [-0.4, -0.2) is 0 Å². The van der Waals surface area contributed by atoms with Gasteiger partial charge in [0.15, 0.2) is 0 Å². The average molecular weight is 296 g/mol. The summed E-state index contributed by atoms with van der Waals surface area (Å²) in [4.78, 5) is 0. The zero-order chi connectivity index (χ0) is 15.9. The van der Waals surface area contributed by atoms with Crippen molar-refractivity contribution in [2.75, 3.05) is 0 Å². The van der Waals surface area contributed by atoms with Crippen molar-refractivity contribution in [2.45, 2.75) is 39.8 Å². The molecule has 0 heterocycles. The standard InChI is InChI=1S/C18H24N4/c1-3-13-5-15(11-19)9-17(7-13)21-22-18-8-14(4-2)6-16(10-18)12-20/h5-10H,3-4,11-12,19-20H2,1-2H3. The Hall–Kier alpha value is -2.04. The lowest BCUT2D eigenvalue weighted by atomic mass is 10.1. The Bertz CT molecular complexity index is 560. The molecule has 0 saturated heterocycles. The van der Waals surface area contributed by atoms with Crippen molar-refractivity contribution in [3.63, 3.8) is 0 Å². The molecule has 0 spiro atoms. The molecule has 22 heavy (non-hydrogen) atoms. The average Bonchev–Trinajstić information content (AvgIpc) is 2.59. The minimum absolute atomic E-state index is 0.513. The lowest BCUT2D eigenvalue weighted by molar-refractivity contribution is 1.03. The molecular formula is C18H24N4. The highest BCUT2D eigenvalue weighted by Crippen LogP contribution is 2.23. The molecule has 0 aliphatic heterocycles. The highest BCUT2D eigenvalue weighted by atomic mass is 15.1. The van der Waals surface area contributed by atoms with E-state index in [0.717, 1.165) is 35.3 Å². The number of benzene rings is 2. The maximum atomic E-state index is 5.74. The van der Waals surface area contributed by atoms with Gasteiger partial charge in [0, 0.05) is 13.1 Å². The molecule has 116 valence electrons. The minimum Gasteiger partial charge on any atom is -0.326 e. The molecule has 0 bridgehead atoms. The first-order valence-corrected chi connectivity index (χ1v) is 7.76. The van der Waals surface area contributed by atoms with Crippen molar-refractivity contribution < 1.29 is 0 Å². The van der Waals surface area contributed by atoms with Gasteiger partial charge in [-0.05, 0) is 59.4 Å². The van der Waals surface area contributed by atoms with E-state index < -0.39 is 0 Å². The van der Waals surface area contributed by atoms with E-state index >= 15 is 0 Å². The van der Waals surface area contributed by atoms with Gasteiger partial charge in [-0.15, -0.1) is 0 Å². The van der Waals surface area contributed by atoms with E-state index in [1.54, 1.807) is 0 Å². The predicted octanol–water partition coefficient (Wildman–Crippen LogP) is 4.14. The van der Waals surface area contributed by atoms with Crippen molar-refractivity contribution >= 4 is 11.4 Å². The molecule has 0 aliphatic carbocycles. The molecular weight excluding hydrogens is 272 g/mol. The number of nitrogens with two attached hydrogens (primary N) is 2. The first-order chi connectivity index (χ1) is 10.7.